The van der Waals surface area contributed by atoms with Crippen molar-refractivity contribution in [2.75, 3.05) is 11.8 Å². The molecule has 0 saturated heterocycles. The van der Waals surface area contributed by atoms with Crippen molar-refractivity contribution in [1.29, 1.82) is 0 Å². The lowest BCUT2D eigenvalue weighted by molar-refractivity contribution is 0.415. The summed E-state index contributed by atoms with van der Waals surface area (Å²) in [6.07, 6.45) is 2.74. The van der Waals surface area contributed by atoms with Crippen LogP contribution < -0.4 is 9.46 Å². The van der Waals surface area contributed by atoms with Gasteiger partial charge in [0, 0.05) is 0 Å². The first-order chi connectivity index (χ1) is 11.9. The molecule has 0 bridgehead atoms. The van der Waals surface area contributed by atoms with Crippen LogP contribution in [0.3, 0.4) is 0 Å². The smallest absolute Gasteiger partial charge is 0.262 e. The van der Waals surface area contributed by atoms with Crippen LogP contribution in [0, 0.1) is 11.6 Å². The number of aromatic nitrogens is 1. The summed E-state index contributed by atoms with van der Waals surface area (Å²) in [5, 5.41) is 0. The summed E-state index contributed by atoms with van der Waals surface area (Å²) in [7, 11) is -2.69. The van der Waals surface area contributed by atoms with Gasteiger partial charge in [0.05, 0.1) is 29.5 Å². The molecule has 0 unspecified atom stereocenters. The van der Waals surface area contributed by atoms with Crippen LogP contribution in [-0.4, -0.2) is 20.5 Å². The van der Waals surface area contributed by atoms with Crippen LogP contribution in [0.2, 0.25) is 0 Å². The molecule has 1 heterocycles. The van der Waals surface area contributed by atoms with Crippen molar-refractivity contribution in [3.05, 3.63) is 60.5 Å². The molecule has 0 amide bonds. The molecule has 0 radical (unpaired) electrons. The number of nitrogens with zero attached hydrogens (tertiary/aromatic N) is 1. The predicted molar refractivity (Wildman–Crippen MR) is 85.7 cm³/mol. The number of halogens is 2. The monoisotopic (exact) mass is 366 g/mol. The lowest BCUT2D eigenvalue weighted by Crippen LogP contribution is -2.14. The fourth-order valence-electron chi connectivity index (χ4n) is 2.12. The molecular formula is C16H12F2N2O4S. The van der Waals surface area contributed by atoms with Gasteiger partial charge in [-0.1, -0.05) is 0 Å². The van der Waals surface area contributed by atoms with E-state index in [9.17, 15) is 17.2 Å². The molecule has 3 rings (SSSR count). The summed E-state index contributed by atoms with van der Waals surface area (Å²) >= 11 is 0. The number of oxazole rings is 1. The molecule has 25 heavy (non-hydrogen) atoms. The predicted octanol–water partition coefficient (Wildman–Crippen LogP) is 3.43. The van der Waals surface area contributed by atoms with Gasteiger partial charge in [-0.05, 0) is 36.4 Å². The maximum absolute atomic E-state index is 13.3. The van der Waals surface area contributed by atoms with Crippen LogP contribution in [0.1, 0.15) is 0 Å². The van der Waals surface area contributed by atoms with Gasteiger partial charge in [-0.15, -0.1) is 0 Å². The minimum atomic E-state index is -4.15. The number of methoxy groups -OCH3 is 1. The molecular weight excluding hydrogens is 354 g/mol. The van der Waals surface area contributed by atoms with E-state index in [1.807, 2.05) is 0 Å². The van der Waals surface area contributed by atoms with E-state index >= 15 is 0 Å². The number of ether oxygens (including phenoxy) is 1. The van der Waals surface area contributed by atoms with Gasteiger partial charge in [0.2, 0.25) is 5.89 Å². The molecule has 9 heteroatoms. The maximum atomic E-state index is 13.3. The summed E-state index contributed by atoms with van der Waals surface area (Å²) < 4.78 is 63.9. The number of hydrogen-bond acceptors (Lipinski definition) is 5. The van der Waals surface area contributed by atoms with Gasteiger partial charge < -0.3 is 9.15 Å². The van der Waals surface area contributed by atoms with Crippen molar-refractivity contribution in [3.8, 4) is 17.2 Å². The fourth-order valence-corrected chi connectivity index (χ4v) is 3.21. The van der Waals surface area contributed by atoms with E-state index in [2.05, 4.69) is 9.71 Å². The van der Waals surface area contributed by atoms with Gasteiger partial charge >= 0.3 is 0 Å². The number of rotatable bonds is 5. The minimum absolute atomic E-state index is 0.146. The first-order valence-corrected chi connectivity index (χ1v) is 8.45. The van der Waals surface area contributed by atoms with Crippen molar-refractivity contribution < 1.29 is 26.4 Å². The summed E-state index contributed by atoms with van der Waals surface area (Å²) in [6, 6.07) is 6.84. The van der Waals surface area contributed by atoms with Crippen molar-refractivity contribution >= 4 is 15.7 Å². The molecule has 2 aromatic carbocycles. The van der Waals surface area contributed by atoms with Gasteiger partial charge in [0.15, 0.2) is 11.6 Å². The second kappa shape index (κ2) is 6.52. The van der Waals surface area contributed by atoms with Gasteiger partial charge in [0.1, 0.15) is 12.0 Å². The molecule has 6 nitrogen and oxygen atoms in total. The number of benzene rings is 2. The SMILES string of the molecule is COc1ccc(NS(=O)(=O)c2ccc(F)c(F)c2)c(-c2ncco2)c1. The first-order valence-electron chi connectivity index (χ1n) is 6.96. The standard InChI is InChI=1S/C16H12F2N2O4S/c1-23-10-2-5-15(12(8-10)16-19-6-7-24-16)20-25(21,22)11-3-4-13(17)14(18)9-11/h2-9,20H,1H3. The Kier molecular flexibility index (Phi) is 4.41. The van der Waals surface area contributed by atoms with Crippen molar-refractivity contribution in [2.24, 2.45) is 0 Å². The van der Waals surface area contributed by atoms with Crippen LogP contribution in [0.4, 0.5) is 14.5 Å². The molecule has 0 aliphatic carbocycles. The van der Waals surface area contributed by atoms with Gasteiger partial charge in [-0.25, -0.2) is 22.2 Å². The Morgan fingerprint density at radius 1 is 1.12 bits per heavy atom. The summed E-state index contributed by atoms with van der Waals surface area (Å²) in [4.78, 5) is 3.57. The molecule has 0 aliphatic heterocycles. The van der Waals surface area contributed by atoms with E-state index in [0.29, 0.717) is 17.4 Å². The van der Waals surface area contributed by atoms with Crippen LogP contribution >= 0.6 is 0 Å². The third-order valence-corrected chi connectivity index (χ3v) is 4.70. The average Bonchev–Trinajstić information content (AvgIpc) is 3.11. The zero-order chi connectivity index (χ0) is 18.0. The van der Waals surface area contributed by atoms with E-state index in [-0.39, 0.29) is 11.6 Å². The van der Waals surface area contributed by atoms with Crippen LogP contribution in [0.15, 0.2) is 58.2 Å². The molecule has 0 spiro atoms. The van der Waals surface area contributed by atoms with Gasteiger partial charge in [-0.3, -0.25) is 4.72 Å². The van der Waals surface area contributed by atoms with E-state index < -0.39 is 26.6 Å². The van der Waals surface area contributed by atoms with Gasteiger partial charge in [-0.2, -0.15) is 0 Å². The molecule has 0 atom stereocenters. The minimum Gasteiger partial charge on any atom is -0.497 e. The lowest BCUT2D eigenvalue weighted by Gasteiger charge is -2.12. The molecule has 130 valence electrons. The second-order valence-corrected chi connectivity index (χ2v) is 6.61. The molecule has 0 saturated carbocycles. The lowest BCUT2D eigenvalue weighted by atomic mass is 10.1. The van der Waals surface area contributed by atoms with Crippen LogP contribution in [0.5, 0.6) is 5.75 Å². The highest BCUT2D eigenvalue weighted by molar-refractivity contribution is 7.92. The normalized spacial score (nSPS) is 11.3. The van der Waals surface area contributed by atoms with E-state index in [0.717, 1.165) is 12.1 Å². The Morgan fingerprint density at radius 2 is 1.92 bits per heavy atom. The van der Waals surface area contributed by atoms with Crippen LogP contribution in [-0.2, 0) is 10.0 Å². The summed E-state index contributed by atoms with van der Waals surface area (Å²) in [6.45, 7) is 0. The number of anilines is 1. The third-order valence-electron chi connectivity index (χ3n) is 3.34. The van der Waals surface area contributed by atoms with E-state index in [1.165, 1.54) is 37.8 Å². The zero-order valence-electron chi connectivity index (χ0n) is 12.9. The molecule has 1 aromatic heterocycles. The van der Waals surface area contributed by atoms with E-state index in [4.69, 9.17) is 9.15 Å². The van der Waals surface area contributed by atoms with Crippen LogP contribution in [0.25, 0.3) is 11.5 Å². The van der Waals surface area contributed by atoms with Crippen molar-refractivity contribution in [1.82, 2.24) is 4.98 Å². The fraction of sp³-hybridized carbons (Fsp3) is 0.0625. The number of sulfonamides is 1. The average molecular weight is 366 g/mol. The molecule has 1 N–H and O–H groups in total. The second-order valence-electron chi connectivity index (χ2n) is 4.93. The highest BCUT2D eigenvalue weighted by Crippen LogP contribution is 2.32. The largest absolute Gasteiger partial charge is 0.497 e. The quantitative estimate of drug-likeness (QED) is 0.748. The number of nitrogens with one attached hydrogen (secondary N) is 1. The van der Waals surface area contributed by atoms with Gasteiger partial charge in [0.25, 0.3) is 10.0 Å². The highest BCUT2D eigenvalue weighted by atomic mass is 32.2. The zero-order valence-corrected chi connectivity index (χ0v) is 13.7. The summed E-state index contributed by atoms with van der Waals surface area (Å²) in [5.41, 5.74) is 0.475. The first kappa shape index (κ1) is 16.9. The Balaban J connectivity index is 2.03. The Bertz CT molecular complexity index is 1000. The molecule has 0 fully saturated rings. The Labute approximate surface area is 142 Å². The Morgan fingerprint density at radius 3 is 2.56 bits per heavy atom. The Hall–Kier alpha value is -2.94. The molecule has 3 aromatic rings. The van der Waals surface area contributed by atoms with Crippen molar-refractivity contribution in [2.45, 2.75) is 4.90 Å². The molecule has 0 aliphatic rings. The third kappa shape index (κ3) is 3.45. The number of hydrogen-bond donors (Lipinski definition) is 1. The maximum Gasteiger partial charge on any atom is 0.262 e. The topological polar surface area (TPSA) is 81.4 Å². The summed E-state index contributed by atoms with van der Waals surface area (Å²) in [5.74, 6) is -1.76. The highest BCUT2D eigenvalue weighted by Gasteiger charge is 2.20. The van der Waals surface area contributed by atoms with E-state index in [1.54, 1.807) is 0 Å². The van der Waals surface area contributed by atoms with Crippen molar-refractivity contribution in [3.63, 3.8) is 0 Å².